The number of rotatable bonds is 6. The van der Waals surface area contributed by atoms with Gasteiger partial charge in [0.1, 0.15) is 23.1 Å². The second-order valence-electron chi connectivity index (χ2n) is 8.18. The van der Waals surface area contributed by atoms with Crippen LogP contribution in [0.3, 0.4) is 0 Å². The van der Waals surface area contributed by atoms with E-state index in [0.29, 0.717) is 24.6 Å². The van der Waals surface area contributed by atoms with Crippen LogP contribution in [-0.2, 0) is 16.1 Å². The Balaban J connectivity index is 1.71. The maximum Gasteiger partial charge on any atom is 0.348 e. The predicted octanol–water partition coefficient (Wildman–Crippen LogP) is 2.80. The Bertz CT molecular complexity index is 1320. The van der Waals surface area contributed by atoms with E-state index in [4.69, 9.17) is 9.72 Å². The molecule has 34 heavy (non-hydrogen) atoms. The number of carbonyl (C=O) groups excluding carboxylic acids is 1. The number of aromatic nitrogens is 2. The van der Waals surface area contributed by atoms with Gasteiger partial charge in [-0.15, -0.1) is 0 Å². The molecule has 0 amide bonds. The molecule has 8 heteroatoms. The molecule has 0 atom stereocenters. The highest BCUT2D eigenvalue weighted by Crippen LogP contribution is 2.22. The van der Waals surface area contributed by atoms with Gasteiger partial charge in [-0.25, -0.2) is 9.78 Å². The molecule has 2 aromatic heterocycles. The quantitative estimate of drug-likeness (QED) is 0.319. The zero-order chi connectivity index (χ0) is 24.1. The van der Waals surface area contributed by atoms with E-state index in [1.165, 1.54) is 16.0 Å². The number of ether oxygens (including phenoxy) is 1. The Hall–Kier alpha value is -3.96. The number of pyridine rings is 1. The van der Waals surface area contributed by atoms with Crippen molar-refractivity contribution in [3.8, 4) is 6.07 Å². The van der Waals surface area contributed by atoms with Crippen molar-refractivity contribution < 1.29 is 9.53 Å². The third-order valence-corrected chi connectivity index (χ3v) is 5.89. The average molecular weight is 458 g/mol. The first-order valence-electron chi connectivity index (χ1n) is 11.3. The van der Waals surface area contributed by atoms with Gasteiger partial charge in [-0.2, -0.15) is 5.26 Å². The number of aryl methyl sites for hydroxylation is 1. The number of carbonyl (C=O) groups is 1. The minimum absolute atomic E-state index is 0.141. The number of esters is 1. The fourth-order valence-corrected chi connectivity index (χ4v) is 4.12. The van der Waals surface area contributed by atoms with E-state index in [0.717, 1.165) is 25.2 Å². The number of benzene rings is 1. The van der Waals surface area contributed by atoms with Crippen LogP contribution in [0.2, 0.25) is 0 Å². The van der Waals surface area contributed by atoms with Crippen molar-refractivity contribution >= 4 is 23.5 Å². The molecule has 0 N–H and O–H groups in total. The summed E-state index contributed by atoms with van der Waals surface area (Å²) in [6.45, 7) is 7.51. The number of piperazine rings is 1. The van der Waals surface area contributed by atoms with Crippen LogP contribution in [0.1, 0.15) is 23.6 Å². The normalized spacial score (nSPS) is 14.7. The third kappa shape index (κ3) is 4.85. The molecule has 1 aromatic carbocycles. The number of nitrogens with zero attached hydrogens (tertiary/aromatic N) is 5. The summed E-state index contributed by atoms with van der Waals surface area (Å²) in [7, 11) is 0. The summed E-state index contributed by atoms with van der Waals surface area (Å²) in [6.07, 6.45) is 2.96. The average Bonchev–Trinajstić information content (AvgIpc) is 2.85. The first-order chi connectivity index (χ1) is 16.5. The SMILES string of the molecule is CCOC(=O)C(C#N)=Cc1c(N2CCN(Cc3ccccc3)CC2)nc2c(C)cccn2c1=O. The topological polar surface area (TPSA) is 90.9 Å². The Labute approximate surface area is 198 Å². The van der Waals surface area contributed by atoms with Crippen LogP contribution in [0.25, 0.3) is 11.7 Å². The largest absolute Gasteiger partial charge is 0.462 e. The van der Waals surface area contributed by atoms with Gasteiger partial charge in [0.25, 0.3) is 5.56 Å². The summed E-state index contributed by atoms with van der Waals surface area (Å²) < 4.78 is 6.45. The zero-order valence-corrected chi connectivity index (χ0v) is 19.4. The van der Waals surface area contributed by atoms with E-state index < -0.39 is 5.97 Å². The van der Waals surface area contributed by atoms with Crippen LogP contribution in [-0.4, -0.2) is 53.0 Å². The maximum atomic E-state index is 13.5. The fourth-order valence-electron chi connectivity index (χ4n) is 4.12. The van der Waals surface area contributed by atoms with Crippen molar-refractivity contribution in [2.24, 2.45) is 0 Å². The molecule has 3 aromatic rings. The molecule has 4 rings (SSSR count). The second kappa shape index (κ2) is 10.3. The van der Waals surface area contributed by atoms with E-state index >= 15 is 0 Å². The Morgan fingerprint density at radius 2 is 1.88 bits per heavy atom. The zero-order valence-electron chi connectivity index (χ0n) is 19.4. The van der Waals surface area contributed by atoms with Gasteiger partial charge in [0.2, 0.25) is 0 Å². The van der Waals surface area contributed by atoms with Crippen molar-refractivity contribution in [1.29, 1.82) is 5.26 Å². The summed E-state index contributed by atoms with van der Waals surface area (Å²) in [4.78, 5) is 35.0. The highest BCUT2D eigenvalue weighted by Gasteiger charge is 2.24. The fraction of sp³-hybridized carbons (Fsp3) is 0.308. The van der Waals surface area contributed by atoms with E-state index in [1.807, 2.05) is 37.3 Å². The first kappa shape index (κ1) is 23.2. The molecule has 0 spiro atoms. The van der Waals surface area contributed by atoms with Crippen molar-refractivity contribution in [2.45, 2.75) is 20.4 Å². The molecule has 1 aliphatic heterocycles. The van der Waals surface area contributed by atoms with Crippen LogP contribution in [0.4, 0.5) is 5.82 Å². The van der Waals surface area contributed by atoms with Gasteiger partial charge in [0, 0.05) is 38.9 Å². The molecule has 0 saturated carbocycles. The molecular formula is C26H27N5O3. The van der Waals surface area contributed by atoms with E-state index in [2.05, 4.69) is 21.9 Å². The molecular weight excluding hydrogens is 430 g/mol. The molecule has 0 radical (unpaired) electrons. The Kier molecular flexibility index (Phi) is 7.04. The van der Waals surface area contributed by atoms with E-state index in [1.54, 1.807) is 19.2 Å². The second-order valence-corrected chi connectivity index (χ2v) is 8.18. The van der Waals surface area contributed by atoms with Crippen LogP contribution >= 0.6 is 0 Å². The first-order valence-corrected chi connectivity index (χ1v) is 11.3. The number of fused-ring (bicyclic) bond motifs is 1. The number of hydrogen-bond donors (Lipinski definition) is 0. The lowest BCUT2D eigenvalue weighted by Gasteiger charge is -2.36. The summed E-state index contributed by atoms with van der Waals surface area (Å²) in [6, 6.07) is 15.9. The highest BCUT2D eigenvalue weighted by atomic mass is 16.5. The van der Waals surface area contributed by atoms with Gasteiger partial charge in [-0.3, -0.25) is 14.1 Å². The summed E-state index contributed by atoms with van der Waals surface area (Å²) in [5.41, 5.74) is 2.34. The summed E-state index contributed by atoms with van der Waals surface area (Å²) in [5, 5.41) is 9.54. The van der Waals surface area contributed by atoms with Crippen LogP contribution in [0.15, 0.2) is 59.0 Å². The van der Waals surface area contributed by atoms with Gasteiger partial charge >= 0.3 is 5.97 Å². The molecule has 174 valence electrons. The molecule has 1 aliphatic rings. The molecule has 0 unspecified atom stereocenters. The number of hydrogen-bond acceptors (Lipinski definition) is 7. The lowest BCUT2D eigenvalue weighted by Crippen LogP contribution is -2.47. The Morgan fingerprint density at radius 3 is 2.56 bits per heavy atom. The molecule has 1 saturated heterocycles. The van der Waals surface area contributed by atoms with Gasteiger partial charge in [-0.1, -0.05) is 36.4 Å². The predicted molar refractivity (Wildman–Crippen MR) is 130 cm³/mol. The summed E-state index contributed by atoms with van der Waals surface area (Å²) in [5.74, 6) is -0.270. The molecule has 0 bridgehead atoms. The number of anilines is 1. The minimum atomic E-state index is -0.752. The van der Waals surface area contributed by atoms with Crippen molar-refractivity contribution in [3.05, 3.63) is 81.3 Å². The summed E-state index contributed by atoms with van der Waals surface area (Å²) >= 11 is 0. The van der Waals surface area contributed by atoms with Crippen LogP contribution in [0.5, 0.6) is 0 Å². The minimum Gasteiger partial charge on any atom is -0.462 e. The van der Waals surface area contributed by atoms with Gasteiger partial charge in [0.15, 0.2) is 0 Å². The van der Waals surface area contributed by atoms with Crippen molar-refractivity contribution in [1.82, 2.24) is 14.3 Å². The molecule has 3 heterocycles. The highest BCUT2D eigenvalue weighted by molar-refractivity contribution is 5.98. The van der Waals surface area contributed by atoms with Gasteiger partial charge in [0.05, 0.1) is 12.2 Å². The molecule has 0 aliphatic carbocycles. The lowest BCUT2D eigenvalue weighted by atomic mass is 10.1. The molecule has 1 fully saturated rings. The molecule has 8 nitrogen and oxygen atoms in total. The van der Waals surface area contributed by atoms with E-state index in [9.17, 15) is 14.9 Å². The van der Waals surface area contributed by atoms with Gasteiger partial charge < -0.3 is 9.64 Å². The lowest BCUT2D eigenvalue weighted by molar-refractivity contribution is -0.137. The maximum absolute atomic E-state index is 13.5. The monoisotopic (exact) mass is 457 g/mol. The third-order valence-electron chi connectivity index (χ3n) is 5.89. The van der Waals surface area contributed by atoms with Gasteiger partial charge in [-0.05, 0) is 37.1 Å². The smallest absolute Gasteiger partial charge is 0.348 e. The van der Waals surface area contributed by atoms with Crippen LogP contribution < -0.4 is 10.5 Å². The number of nitriles is 1. The Morgan fingerprint density at radius 1 is 1.15 bits per heavy atom. The van der Waals surface area contributed by atoms with E-state index in [-0.39, 0.29) is 23.3 Å². The van der Waals surface area contributed by atoms with Crippen LogP contribution in [0, 0.1) is 18.3 Å². The van der Waals surface area contributed by atoms with Crippen molar-refractivity contribution in [2.75, 3.05) is 37.7 Å². The van der Waals surface area contributed by atoms with Crippen molar-refractivity contribution in [3.63, 3.8) is 0 Å². The standard InChI is InChI=1S/C26H27N5O3/c1-3-34-26(33)21(17-27)16-22-24(28-23-19(2)8-7-11-31(23)25(22)32)30-14-12-29(13-15-30)18-20-9-5-4-6-10-20/h4-11,16H,3,12-15,18H2,1-2H3.